The number of aliphatic hydroxyl groups is 1. The maximum Gasteiger partial charge on any atom is 0.251 e. The predicted octanol–water partition coefficient (Wildman–Crippen LogP) is 1.14. The highest BCUT2D eigenvalue weighted by atomic mass is 32.2. The van der Waals surface area contributed by atoms with Crippen LogP contribution in [0, 0.1) is 0 Å². The molecule has 0 heterocycles. The van der Waals surface area contributed by atoms with Gasteiger partial charge in [0.05, 0.1) is 17.0 Å². The Morgan fingerprint density at radius 1 is 1.30 bits per heavy atom. The molecule has 1 aliphatic carbocycles. The number of amides is 1. The second kappa shape index (κ2) is 6.82. The van der Waals surface area contributed by atoms with E-state index in [4.69, 9.17) is 0 Å². The van der Waals surface area contributed by atoms with Crippen LogP contribution >= 0.6 is 0 Å². The number of carbonyl (C=O) groups is 1. The van der Waals surface area contributed by atoms with Crippen LogP contribution < -0.4 is 5.32 Å². The first-order valence-corrected chi connectivity index (χ1v) is 8.89. The van der Waals surface area contributed by atoms with Crippen molar-refractivity contribution in [3.8, 4) is 0 Å². The van der Waals surface area contributed by atoms with Gasteiger partial charge in [-0.2, -0.15) is 0 Å². The molecule has 0 fully saturated rings. The molecule has 0 saturated heterocycles. The summed E-state index contributed by atoms with van der Waals surface area (Å²) in [6, 6.07) is 5.73. The minimum Gasteiger partial charge on any atom is -0.384 e. The van der Waals surface area contributed by atoms with E-state index < -0.39 is 15.6 Å². The number of allylic oxidation sites excluding steroid dienone is 1. The minimum absolute atomic E-state index is 0.132. The van der Waals surface area contributed by atoms with Crippen molar-refractivity contribution in [2.75, 3.05) is 20.6 Å². The van der Waals surface area contributed by atoms with Gasteiger partial charge in [0.15, 0.2) is 0 Å². The fourth-order valence-electron chi connectivity index (χ4n) is 2.38. The standard InChI is InChI=1S/C16H22N2O4S/c1-18(2)23(21,22)14-8-6-13(7-9-14)15(19)17-12-16(20)10-4-3-5-11-16/h4,6-10,20H,3,5,11-12H2,1-2H3,(H,17,19)/t16-/m1/s1. The highest BCUT2D eigenvalue weighted by Gasteiger charge is 2.26. The molecular formula is C16H22N2O4S. The molecule has 1 amide bonds. The third-order valence-electron chi connectivity index (χ3n) is 3.86. The molecule has 1 atom stereocenters. The van der Waals surface area contributed by atoms with Crippen molar-refractivity contribution >= 4 is 15.9 Å². The Kier molecular flexibility index (Phi) is 5.23. The first-order chi connectivity index (χ1) is 10.7. The van der Waals surface area contributed by atoms with Crippen molar-refractivity contribution in [1.82, 2.24) is 9.62 Å². The Morgan fingerprint density at radius 2 is 1.96 bits per heavy atom. The lowest BCUT2D eigenvalue weighted by Crippen LogP contribution is -2.42. The van der Waals surface area contributed by atoms with Gasteiger partial charge in [-0.1, -0.05) is 12.2 Å². The smallest absolute Gasteiger partial charge is 0.251 e. The van der Waals surface area contributed by atoms with Gasteiger partial charge in [-0.3, -0.25) is 4.79 Å². The maximum absolute atomic E-state index is 12.1. The third kappa shape index (κ3) is 4.19. The molecule has 1 aromatic carbocycles. The van der Waals surface area contributed by atoms with Crippen LogP contribution in [-0.2, 0) is 10.0 Å². The van der Waals surface area contributed by atoms with Gasteiger partial charge in [-0.25, -0.2) is 12.7 Å². The average Bonchev–Trinajstić information content (AvgIpc) is 2.53. The van der Waals surface area contributed by atoms with Crippen molar-refractivity contribution in [2.24, 2.45) is 0 Å². The Morgan fingerprint density at radius 3 is 2.48 bits per heavy atom. The molecule has 0 spiro atoms. The second-order valence-corrected chi connectivity index (χ2v) is 8.04. The van der Waals surface area contributed by atoms with Gasteiger partial charge in [0.25, 0.3) is 5.91 Å². The first-order valence-electron chi connectivity index (χ1n) is 7.45. The number of hydrogen-bond acceptors (Lipinski definition) is 4. The van der Waals surface area contributed by atoms with Crippen LogP contribution in [-0.4, -0.2) is 50.0 Å². The van der Waals surface area contributed by atoms with Crippen LogP contribution in [0.3, 0.4) is 0 Å². The second-order valence-electron chi connectivity index (χ2n) is 5.89. The number of carbonyl (C=O) groups excluding carboxylic acids is 1. The molecule has 0 bridgehead atoms. The van der Waals surface area contributed by atoms with Crippen LogP contribution in [0.1, 0.15) is 29.6 Å². The summed E-state index contributed by atoms with van der Waals surface area (Å²) in [7, 11) is -0.601. The SMILES string of the molecule is CN(C)S(=O)(=O)c1ccc(C(=O)NC[C@@]2(O)C=CCCC2)cc1. The van der Waals surface area contributed by atoms with Gasteiger partial charge < -0.3 is 10.4 Å². The number of rotatable bonds is 5. The molecule has 2 N–H and O–H groups in total. The normalized spacial score (nSPS) is 21.4. The fourth-order valence-corrected chi connectivity index (χ4v) is 3.29. The molecule has 2 rings (SSSR count). The molecule has 0 saturated carbocycles. The van der Waals surface area contributed by atoms with E-state index in [2.05, 4.69) is 5.32 Å². The molecule has 6 nitrogen and oxygen atoms in total. The summed E-state index contributed by atoms with van der Waals surface area (Å²) in [5.41, 5.74) is -0.645. The van der Waals surface area contributed by atoms with Gasteiger partial charge in [0, 0.05) is 19.7 Å². The summed E-state index contributed by atoms with van der Waals surface area (Å²) in [6.45, 7) is 0.139. The zero-order valence-corrected chi connectivity index (χ0v) is 14.1. The van der Waals surface area contributed by atoms with E-state index in [0.717, 1.165) is 17.1 Å². The van der Waals surface area contributed by atoms with Crippen LogP contribution in [0.5, 0.6) is 0 Å². The number of nitrogens with one attached hydrogen (secondary N) is 1. The lowest BCUT2D eigenvalue weighted by Gasteiger charge is -2.27. The molecule has 0 aromatic heterocycles. The van der Waals surface area contributed by atoms with Gasteiger partial charge >= 0.3 is 0 Å². The molecule has 0 radical (unpaired) electrons. The van der Waals surface area contributed by atoms with E-state index in [9.17, 15) is 18.3 Å². The summed E-state index contributed by atoms with van der Waals surface area (Å²) < 4.78 is 25.1. The fraction of sp³-hybridized carbons (Fsp3) is 0.438. The molecular weight excluding hydrogens is 316 g/mol. The Bertz CT molecular complexity index is 695. The Hall–Kier alpha value is -1.70. The van der Waals surface area contributed by atoms with Crippen LogP contribution in [0.25, 0.3) is 0 Å². The molecule has 126 valence electrons. The van der Waals surface area contributed by atoms with E-state index in [0.29, 0.717) is 12.0 Å². The van der Waals surface area contributed by atoms with Crippen molar-refractivity contribution in [3.05, 3.63) is 42.0 Å². The topological polar surface area (TPSA) is 86.7 Å². The summed E-state index contributed by atoms with van der Waals surface area (Å²) in [5.74, 6) is -0.341. The number of sulfonamides is 1. The average molecular weight is 338 g/mol. The Balaban J connectivity index is 2.03. The van der Waals surface area contributed by atoms with Crippen LogP contribution in [0.15, 0.2) is 41.3 Å². The van der Waals surface area contributed by atoms with E-state index >= 15 is 0 Å². The van der Waals surface area contributed by atoms with Crippen molar-refractivity contribution in [1.29, 1.82) is 0 Å². The van der Waals surface area contributed by atoms with Crippen LogP contribution in [0.4, 0.5) is 0 Å². The van der Waals surface area contributed by atoms with Gasteiger partial charge in [-0.15, -0.1) is 0 Å². The van der Waals surface area contributed by atoms with E-state index in [1.54, 1.807) is 6.08 Å². The number of hydrogen-bond donors (Lipinski definition) is 2. The summed E-state index contributed by atoms with van der Waals surface area (Å²) in [6.07, 6.45) is 6.09. The van der Waals surface area contributed by atoms with E-state index in [-0.39, 0.29) is 17.3 Å². The van der Waals surface area contributed by atoms with Crippen molar-refractivity contribution in [3.63, 3.8) is 0 Å². The highest BCUT2D eigenvalue weighted by Crippen LogP contribution is 2.21. The summed E-state index contributed by atoms with van der Waals surface area (Å²) in [4.78, 5) is 12.3. The monoisotopic (exact) mass is 338 g/mol. The Labute approximate surface area is 136 Å². The van der Waals surface area contributed by atoms with Gasteiger partial charge in [-0.05, 0) is 43.5 Å². The van der Waals surface area contributed by atoms with Gasteiger partial charge in [0.1, 0.15) is 0 Å². The zero-order chi connectivity index (χ0) is 17.1. The quantitative estimate of drug-likeness (QED) is 0.788. The molecule has 1 aromatic rings. The number of nitrogens with zero attached hydrogens (tertiary/aromatic N) is 1. The van der Waals surface area contributed by atoms with E-state index in [1.807, 2.05) is 6.08 Å². The van der Waals surface area contributed by atoms with Gasteiger partial charge in [0.2, 0.25) is 10.0 Å². The number of benzene rings is 1. The van der Waals surface area contributed by atoms with Crippen molar-refractivity contribution in [2.45, 2.75) is 29.8 Å². The lowest BCUT2D eigenvalue weighted by atomic mass is 9.91. The maximum atomic E-state index is 12.1. The summed E-state index contributed by atoms with van der Waals surface area (Å²) in [5, 5.41) is 13.0. The highest BCUT2D eigenvalue weighted by molar-refractivity contribution is 7.89. The lowest BCUT2D eigenvalue weighted by molar-refractivity contribution is 0.0660. The summed E-state index contributed by atoms with van der Waals surface area (Å²) >= 11 is 0. The largest absolute Gasteiger partial charge is 0.384 e. The minimum atomic E-state index is -3.51. The van der Waals surface area contributed by atoms with Crippen LogP contribution in [0.2, 0.25) is 0 Å². The zero-order valence-electron chi connectivity index (χ0n) is 13.3. The molecule has 1 aliphatic rings. The third-order valence-corrected chi connectivity index (χ3v) is 5.69. The molecule has 0 unspecified atom stereocenters. The molecule has 7 heteroatoms. The molecule has 23 heavy (non-hydrogen) atoms. The molecule has 0 aliphatic heterocycles. The van der Waals surface area contributed by atoms with Crippen molar-refractivity contribution < 1.29 is 18.3 Å². The first kappa shape index (κ1) is 17.7. The van der Waals surface area contributed by atoms with E-state index in [1.165, 1.54) is 38.4 Å². The predicted molar refractivity (Wildman–Crippen MR) is 87.6 cm³/mol.